The number of hydrogen-bond donors (Lipinski definition) is 0. The van der Waals surface area contributed by atoms with Crippen molar-refractivity contribution in [3.8, 4) is 0 Å². The quantitative estimate of drug-likeness (QED) is 0.741. The summed E-state index contributed by atoms with van der Waals surface area (Å²) in [5, 5.41) is 0. The standard InChI is InChI=1S/C12H20F3NO3/c1-8-7-9(18-12(13,14)15)5-6-16(8)10(17)19-11(2,3)4/h8-9H,5-7H2,1-4H3/t8-,9+/m1/s1. The van der Waals surface area contributed by atoms with Gasteiger partial charge >= 0.3 is 12.5 Å². The summed E-state index contributed by atoms with van der Waals surface area (Å²) in [5.41, 5.74) is -0.615. The van der Waals surface area contributed by atoms with Crippen LogP contribution in [0, 0.1) is 0 Å². The first-order valence-electron chi connectivity index (χ1n) is 6.22. The van der Waals surface area contributed by atoms with Crippen LogP contribution in [0.15, 0.2) is 0 Å². The third-order valence-electron chi connectivity index (χ3n) is 2.76. The molecule has 0 aromatic carbocycles. The Hall–Kier alpha value is -0.980. The van der Waals surface area contributed by atoms with Crippen molar-refractivity contribution in [2.75, 3.05) is 6.54 Å². The summed E-state index contributed by atoms with van der Waals surface area (Å²) in [5.74, 6) is 0. The summed E-state index contributed by atoms with van der Waals surface area (Å²) < 4.78 is 45.6. The molecular formula is C12H20F3NO3. The monoisotopic (exact) mass is 283 g/mol. The lowest BCUT2D eigenvalue weighted by Crippen LogP contribution is -2.49. The number of nitrogens with zero attached hydrogens (tertiary/aromatic N) is 1. The second-order valence-electron chi connectivity index (χ2n) is 5.73. The van der Waals surface area contributed by atoms with Crippen LogP contribution in [0.5, 0.6) is 0 Å². The van der Waals surface area contributed by atoms with Crippen molar-refractivity contribution in [3.63, 3.8) is 0 Å². The highest BCUT2D eigenvalue weighted by Gasteiger charge is 2.38. The average Bonchev–Trinajstić information content (AvgIpc) is 2.11. The first-order valence-corrected chi connectivity index (χ1v) is 6.22. The normalized spacial score (nSPS) is 25.3. The third kappa shape index (κ3) is 5.67. The van der Waals surface area contributed by atoms with Crippen LogP contribution in [-0.4, -0.2) is 41.6 Å². The van der Waals surface area contributed by atoms with Gasteiger partial charge in [-0.3, -0.25) is 4.74 Å². The maximum atomic E-state index is 12.1. The van der Waals surface area contributed by atoms with Crippen molar-refractivity contribution >= 4 is 6.09 Å². The lowest BCUT2D eigenvalue weighted by molar-refractivity contribution is -0.346. The molecule has 0 aromatic rings. The number of alkyl halides is 3. The molecule has 4 nitrogen and oxygen atoms in total. The van der Waals surface area contributed by atoms with Gasteiger partial charge in [0.2, 0.25) is 0 Å². The van der Waals surface area contributed by atoms with Crippen LogP contribution >= 0.6 is 0 Å². The van der Waals surface area contributed by atoms with Gasteiger partial charge in [-0.15, -0.1) is 13.2 Å². The number of carbonyl (C=O) groups is 1. The van der Waals surface area contributed by atoms with E-state index >= 15 is 0 Å². The van der Waals surface area contributed by atoms with Gasteiger partial charge in [-0.05, 0) is 40.5 Å². The van der Waals surface area contributed by atoms with Gasteiger partial charge in [0.15, 0.2) is 0 Å². The Kier molecular flexibility index (Phi) is 4.71. The van der Waals surface area contributed by atoms with E-state index in [1.807, 2.05) is 0 Å². The fourth-order valence-electron chi connectivity index (χ4n) is 2.02. The minimum Gasteiger partial charge on any atom is -0.444 e. The van der Waals surface area contributed by atoms with Gasteiger partial charge in [0.25, 0.3) is 0 Å². The molecule has 0 unspecified atom stereocenters. The van der Waals surface area contributed by atoms with Crippen molar-refractivity contribution in [1.82, 2.24) is 4.90 Å². The molecule has 1 rings (SSSR count). The molecule has 112 valence electrons. The largest absolute Gasteiger partial charge is 0.522 e. The van der Waals surface area contributed by atoms with Crippen molar-refractivity contribution in [1.29, 1.82) is 0 Å². The van der Waals surface area contributed by atoms with Crippen molar-refractivity contribution in [2.24, 2.45) is 0 Å². The molecular weight excluding hydrogens is 263 g/mol. The molecule has 1 aliphatic heterocycles. The van der Waals surface area contributed by atoms with Gasteiger partial charge in [-0.25, -0.2) is 4.79 Å². The van der Waals surface area contributed by atoms with Crippen LogP contribution in [-0.2, 0) is 9.47 Å². The lowest BCUT2D eigenvalue weighted by atomic mass is 10.0. The SMILES string of the molecule is C[C@@H]1C[C@@H](OC(F)(F)F)CCN1C(=O)OC(C)(C)C. The number of carbonyl (C=O) groups excluding carboxylic acids is 1. The van der Waals surface area contributed by atoms with Gasteiger partial charge in [0, 0.05) is 12.6 Å². The molecule has 0 spiro atoms. The number of piperidine rings is 1. The Morgan fingerprint density at radius 3 is 2.26 bits per heavy atom. The number of likely N-dealkylation sites (tertiary alicyclic amines) is 1. The van der Waals surface area contributed by atoms with E-state index in [-0.39, 0.29) is 25.4 Å². The zero-order valence-corrected chi connectivity index (χ0v) is 11.6. The van der Waals surface area contributed by atoms with E-state index in [4.69, 9.17) is 4.74 Å². The fraction of sp³-hybridized carbons (Fsp3) is 0.917. The molecule has 1 heterocycles. The van der Waals surface area contributed by atoms with E-state index in [2.05, 4.69) is 4.74 Å². The highest BCUT2D eigenvalue weighted by atomic mass is 19.4. The Balaban J connectivity index is 2.53. The summed E-state index contributed by atoms with van der Waals surface area (Å²) in [6.45, 7) is 7.13. The van der Waals surface area contributed by atoms with Crippen LogP contribution in [0.2, 0.25) is 0 Å². The first kappa shape index (κ1) is 16.1. The minimum absolute atomic E-state index is 0.152. The van der Waals surface area contributed by atoms with Crippen LogP contribution in [0.1, 0.15) is 40.5 Å². The van der Waals surface area contributed by atoms with Gasteiger partial charge in [0.05, 0.1) is 6.10 Å². The summed E-state index contributed by atoms with van der Waals surface area (Å²) in [7, 11) is 0. The van der Waals surface area contributed by atoms with Gasteiger partial charge in [-0.2, -0.15) is 0 Å². The molecule has 0 saturated carbocycles. The predicted molar refractivity (Wildman–Crippen MR) is 62.6 cm³/mol. The summed E-state index contributed by atoms with van der Waals surface area (Å²) in [6.07, 6.45) is -5.71. The Morgan fingerprint density at radius 1 is 1.26 bits per heavy atom. The molecule has 7 heteroatoms. The van der Waals surface area contributed by atoms with E-state index in [0.29, 0.717) is 0 Å². The topological polar surface area (TPSA) is 38.8 Å². The second-order valence-corrected chi connectivity index (χ2v) is 5.73. The van der Waals surface area contributed by atoms with Crippen molar-refractivity contribution in [2.45, 2.75) is 64.6 Å². The summed E-state index contributed by atoms with van der Waals surface area (Å²) >= 11 is 0. The molecule has 0 radical (unpaired) electrons. The Morgan fingerprint density at radius 2 is 1.84 bits per heavy atom. The molecule has 0 N–H and O–H groups in total. The summed E-state index contributed by atoms with van der Waals surface area (Å²) in [6, 6.07) is -0.337. The highest BCUT2D eigenvalue weighted by molar-refractivity contribution is 5.68. The molecule has 1 amide bonds. The number of amides is 1. The van der Waals surface area contributed by atoms with E-state index in [1.54, 1.807) is 27.7 Å². The minimum atomic E-state index is -4.63. The van der Waals surface area contributed by atoms with E-state index in [1.165, 1.54) is 4.90 Å². The van der Waals surface area contributed by atoms with Crippen molar-refractivity contribution < 1.29 is 27.4 Å². The first-order chi connectivity index (χ1) is 8.48. The molecule has 0 bridgehead atoms. The Bertz CT molecular complexity index is 325. The number of ether oxygens (including phenoxy) is 2. The molecule has 1 saturated heterocycles. The second kappa shape index (κ2) is 5.56. The molecule has 1 aliphatic rings. The van der Waals surface area contributed by atoms with E-state index < -0.39 is 24.2 Å². The van der Waals surface area contributed by atoms with Gasteiger partial charge in [-0.1, -0.05) is 0 Å². The zero-order chi connectivity index (χ0) is 14.8. The number of halogens is 3. The molecule has 0 aromatic heterocycles. The van der Waals surface area contributed by atoms with Gasteiger partial charge in [0.1, 0.15) is 5.60 Å². The van der Waals surface area contributed by atoms with Crippen LogP contribution < -0.4 is 0 Å². The van der Waals surface area contributed by atoms with Crippen molar-refractivity contribution in [3.05, 3.63) is 0 Å². The zero-order valence-electron chi connectivity index (χ0n) is 11.6. The number of hydrogen-bond acceptors (Lipinski definition) is 3. The maximum Gasteiger partial charge on any atom is 0.522 e. The van der Waals surface area contributed by atoms with Crippen LogP contribution in [0.25, 0.3) is 0 Å². The van der Waals surface area contributed by atoms with Crippen LogP contribution in [0.3, 0.4) is 0 Å². The molecule has 19 heavy (non-hydrogen) atoms. The Labute approximate surface area is 110 Å². The highest BCUT2D eigenvalue weighted by Crippen LogP contribution is 2.27. The third-order valence-corrected chi connectivity index (χ3v) is 2.76. The lowest BCUT2D eigenvalue weighted by Gasteiger charge is -2.38. The molecule has 1 fully saturated rings. The van der Waals surface area contributed by atoms with E-state index in [0.717, 1.165) is 0 Å². The number of rotatable bonds is 1. The van der Waals surface area contributed by atoms with Gasteiger partial charge < -0.3 is 9.64 Å². The summed E-state index contributed by atoms with van der Waals surface area (Å²) in [4.78, 5) is 13.3. The maximum absolute atomic E-state index is 12.1. The van der Waals surface area contributed by atoms with Crippen LogP contribution in [0.4, 0.5) is 18.0 Å². The molecule has 0 aliphatic carbocycles. The van der Waals surface area contributed by atoms with E-state index in [9.17, 15) is 18.0 Å². The predicted octanol–water partition coefficient (Wildman–Crippen LogP) is 3.31. The molecule has 2 atom stereocenters. The smallest absolute Gasteiger partial charge is 0.444 e. The average molecular weight is 283 g/mol. The fourth-order valence-corrected chi connectivity index (χ4v) is 2.02.